The molecule has 1 fully saturated rings. The van der Waals surface area contributed by atoms with Crippen LogP contribution in [0.15, 0.2) is 30.3 Å². The Bertz CT molecular complexity index is 522. The second-order valence-electron chi connectivity index (χ2n) is 8.20. The van der Waals surface area contributed by atoms with Crippen molar-refractivity contribution < 1.29 is 9.90 Å². The van der Waals surface area contributed by atoms with Crippen LogP contribution in [0.2, 0.25) is 0 Å². The molecule has 2 N–H and O–H groups in total. The van der Waals surface area contributed by atoms with Crippen LogP contribution in [0, 0.1) is 16.7 Å². The van der Waals surface area contributed by atoms with E-state index in [9.17, 15) is 4.79 Å². The normalized spacial score (nSPS) is 21.6. The summed E-state index contributed by atoms with van der Waals surface area (Å²) in [6.45, 7) is 11.6. The molecular formula is C20H31NO2. The van der Waals surface area contributed by atoms with Gasteiger partial charge in [-0.15, -0.1) is 0 Å². The summed E-state index contributed by atoms with van der Waals surface area (Å²) in [5.74, 6) is -0.0947. The third-order valence-corrected chi connectivity index (χ3v) is 6.16. The zero-order valence-electron chi connectivity index (χ0n) is 15.1. The first-order valence-corrected chi connectivity index (χ1v) is 8.68. The molecular weight excluding hydrogens is 286 g/mol. The smallest absolute Gasteiger partial charge is 0.303 e. The highest BCUT2D eigenvalue weighted by atomic mass is 16.4. The van der Waals surface area contributed by atoms with Crippen LogP contribution in [0.5, 0.6) is 0 Å². The molecule has 0 bridgehead atoms. The van der Waals surface area contributed by atoms with Crippen LogP contribution in [-0.4, -0.2) is 23.2 Å². The largest absolute Gasteiger partial charge is 0.481 e. The quantitative estimate of drug-likeness (QED) is 0.758. The van der Waals surface area contributed by atoms with Gasteiger partial charge < -0.3 is 10.4 Å². The lowest BCUT2D eigenvalue weighted by Crippen LogP contribution is -2.40. The first kappa shape index (κ1) is 18.0. The van der Waals surface area contributed by atoms with E-state index in [1.807, 2.05) is 18.2 Å². The van der Waals surface area contributed by atoms with Gasteiger partial charge in [-0.2, -0.15) is 0 Å². The molecule has 1 aliphatic rings. The molecule has 0 amide bonds. The van der Waals surface area contributed by atoms with E-state index >= 15 is 0 Å². The molecule has 1 saturated carbocycles. The SMILES string of the molecule is CC(NC(CCC(=O)O)Cc1ccccc1)C1C(C)(C)C1(C)C. The molecule has 1 aromatic carbocycles. The fourth-order valence-corrected chi connectivity index (χ4v) is 4.41. The van der Waals surface area contributed by atoms with Crippen molar-refractivity contribution >= 4 is 5.97 Å². The number of benzene rings is 1. The van der Waals surface area contributed by atoms with Gasteiger partial charge in [0.15, 0.2) is 0 Å². The molecule has 1 aromatic rings. The maximum absolute atomic E-state index is 11.0. The van der Waals surface area contributed by atoms with Crippen LogP contribution in [0.4, 0.5) is 0 Å². The summed E-state index contributed by atoms with van der Waals surface area (Å²) in [5.41, 5.74) is 1.93. The minimum atomic E-state index is -0.718. The molecule has 128 valence electrons. The highest BCUT2D eigenvalue weighted by molar-refractivity contribution is 5.66. The van der Waals surface area contributed by atoms with E-state index in [1.165, 1.54) is 5.56 Å². The summed E-state index contributed by atoms with van der Waals surface area (Å²) in [6.07, 6.45) is 1.77. The number of carboxylic acids is 1. The standard InChI is InChI=1S/C20H31NO2/c1-14(18-19(2,3)20(18,4)5)21-16(11-12-17(22)23)13-15-9-7-6-8-10-15/h6-10,14,16,18,21H,11-13H2,1-5H3,(H,22,23). The van der Waals surface area contributed by atoms with Crippen LogP contribution >= 0.6 is 0 Å². The van der Waals surface area contributed by atoms with E-state index in [2.05, 4.69) is 52.1 Å². The summed E-state index contributed by atoms with van der Waals surface area (Å²) in [5, 5.41) is 12.8. The Labute approximate surface area is 140 Å². The van der Waals surface area contributed by atoms with Crippen LogP contribution in [-0.2, 0) is 11.2 Å². The van der Waals surface area contributed by atoms with Crippen molar-refractivity contribution in [3.8, 4) is 0 Å². The molecule has 0 saturated heterocycles. The van der Waals surface area contributed by atoms with Gasteiger partial charge in [0.25, 0.3) is 0 Å². The van der Waals surface area contributed by atoms with Gasteiger partial charge in [-0.05, 0) is 42.1 Å². The Morgan fingerprint density at radius 3 is 2.22 bits per heavy atom. The second kappa shape index (κ2) is 6.64. The topological polar surface area (TPSA) is 49.3 Å². The van der Waals surface area contributed by atoms with Gasteiger partial charge in [0.2, 0.25) is 0 Å². The number of carboxylic acid groups (broad SMARTS) is 1. The summed E-state index contributed by atoms with van der Waals surface area (Å²) in [4.78, 5) is 11.0. The molecule has 3 heteroatoms. The molecule has 0 heterocycles. The molecule has 0 aromatic heterocycles. The molecule has 23 heavy (non-hydrogen) atoms. The first-order chi connectivity index (χ1) is 10.7. The molecule has 0 aliphatic heterocycles. The van der Waals surface area contributed by atoms with Gasteiger partial charge in [0.05, 0.1) is 0 Å². The fourth-order valence-electron chi connectivity index (χ4n) is 4.41. The lowest BCUT2D eigenvalue weighted by atomic mass is 9.98. The van der Waals surface area contributed by atoms with Crippen molar-refractivity contribution in [1.82, 2.24) is 5.32 Å². The van der Waals surface area contributed by atoms with E-state index in [4.69, 9.17) is 5.11 Å². The van der Waals surface area contributed by atoms with E-state index in [1.54, 1.807) is 0 Å². The molecule has 2 atom stereocenters. The highest BCUT2D eigenvalue weighted by Crippen LogP contribution is 2.69. The number of rotatable bonds is 8. The zero-order chi connectivity index (χ0) is 17.3. The van der Waals surface area contributed by atoms with Gasteiger partial charge in [0, 0.05) is 18.5 Å². The third-order valence-electron chi connectivity index (χ3n) is 6.16. The molecule has 2 rings (SSSR count). The summed E-state index contributed by atoms with van der Waals surface area (Å²) in [7, 11) is 0. The van der Waals surface area contributed by atoms with E-state index in [0.29, 0.717) is 29.2 Å². The van der Waals surface area contributed by atoms with Gasteiger partial charge in [-0.3, -0.25) is 4.79 Å². The molecule has 2 unspecified atom stereocenters. The highest BCUT2D eigenvalue weighted by Gasteiger charge is 2.66. The molecule has 0 radical (unpaired) electrons. The Hall–Kier alpha value is -1.35. The van der Waals surface area contributed by atoms with E-state index in [-0.39, 0.29) is 12.5 Å². The lowest BCUT2D eigenvalue weighted by Gasteiger charge is -2.25. The number of hydrogen-bond acceptors (Lipinski definition) is 2. The summed E-state index contributed by atoms with van der Waals surface area (Å²) in [6, 6.07) is 10.9. The van der Waals surface area contributed by atoms with Gasteiger partial charge >= 0.3 is 5.97 Å². The second-order valence-corrected chi connectivity index (χ2v) is 8.20. The average molecular weight is 317 g/mol. The minimum absolute atomic E-state index is 0.204. The van der Waals surface area contributed by atoms with Crippen molar-refractivity contribution in [2.45, 2.75) is 66.0 Å². The van der Waals surface area contributed by atoms with Crippen molar-refractivity contribution in [3.05, 3.63) is 35.9 Å². The van der Waals surface area contributed by atoms with Crippen LogP contribution in [0.1, 0.15) is 53.0 Å². The minimum Gasteiger partial charge on any atom is -0.481 e. The number of nitrogens with one attached hydrogen (secondary N) is 1. The van der Waals surface area contributed by atoms with Crippen LogP contribution in [0.3, 0.4) is 0 Å². The zero-order valence-corrected chi connectivity index (χ0v) is 15.1. The third kappa shape index (κ3) is 3.95. The molecule has 3 nitrogen and oxygen atoms in total. The Morgan fingerprint density at radius 1 is 1.17 bits per heavy atom. The van der Waals surface area contributed by atoms with E-state index < -0.39 is 5.97 Å². The predicted molar refractivity (Wildman–Crippen MR) is 94.5 cm³/mol. The Balaban J connectivity index is 2.01. The monoisotopic (exact) mass is 317 g/mol. The number of aliphatic carboxylic acids is 1. The fraction of sp³-hybridized carbons (Fsp3) is 0.650. The average Bonchev–Trinajstić information content (AvgIpc) is 2.87. The first-order valence-electron chi connectivity index (χ1n) is 8.68. The summed E-state index contributed by atoms with van der Waals surface area (Å²) >= 11 is 0. The van der Waals surface area contributed by atoms with Crippen LogP contribution < -0.4 is 5.32 Å². The van der Waals surface area contributed by atoms with Crippen molar-refractivity contribution in [2.75, 3.05) is 0 Å². The van der Waals surface area contributed by atoms with Crippen molar-refractivity contribution in [2.24, 2.45) is 16.7 Å². The van der Waals surface area contributed by atoms with Crippen LogP contribution in [0.25, 0.3) is 0 Å². The van der Waals surface area contributed by atoms with Crippen molar-refractivity contribution in [1.29, 1.82) is 0 Å². The molecule has 0 spiro atoms. The van der Waals surface area contributed by atoms with Gasteiger partial charge in [0.1, 0.15) is 0 Å². The number of carbonyl (C=O) groups is 1. The Morgan fingerprint density at radius 2 is 1.74 bits per heavy atom. The maximum Gasteiger partial charge on any atom is 0.303 e. The Kier molecular flexibility index (Phi) is 5.20. The predicted octanol–water partition coefficient (Wildman–Crippen LogP) is 4.12. The number of hydrogen-bond donors (Lipinski definition) is 2. The van der Waals surface area contributed by atoms with E-state index in [0.717, 1.165) is 6.42 Å². The lowest BCUT2D eigenvalue weighted by molar-refractivity contribution is -0.137. The van der Waals surface area contributed by atoms with Crippen molar-refractivity contribution in [3.63, 3.8) is 0 Å². The van der Waals surface area contributed by atoms with Gasteiger partial charge in [-0.1, -0.05) is 58.0 Å². The molecule has 1 aliphatic carbocycles. The van der Waals surface area contributed by atoms with Gasteiger partial charge in [-0.25, -0.2) is 0 Å². The summed E-state index contributed by atoms with van der Waals surface area (Å²) < 4.78 is 0. The maximum atomic E-state index is 11.0.